The van der Waals surface area contributed by atoms with Crippen LogP contribution in [0.1, 0.15) is 0 Å². The van der Waals surface area contributed by atoms with Gasteiger partial charge in [-0.3, -0.25) is 0 Å². The van der Waals surface area contributed by atoms with Gasteiger partial charge in [0, 0.05) is 40.3 Å². The first-order valence-corrected chi connectivity index (χ1v) is 15.2. The van der Waals surface area contributed by atoms with E-state index in [1.165, 1.54) is 84.1 Å². The summed E-state index contributed by atoms with van der Waals surface area (Å²) in [7, 11) is 0. The van der Waals surface area contributed by atoms with Gasteiger partial charge in [-0.2, -0.15) is 0 Å². The Labute approximate surface area is 239 Å². The quantitative estimate of drug-likeness (QED) is 0.191. The SMILES string of the molecule is c1ccc2c(c1)sc1ccc(-c3c4ccccc4c(-c4ccc5sc6ccccc6c5c4)c4ccccc34)cc12. The Morgan fingerprint density at radius 3 is 1.00 bits per heavy atom. The van der Waals surface area contributed by atoms with E-state index in [0.717, 1.165) is 0 Å². The van der Waals surface area contributed by atoms with Crippen LogP contribution in [-0.2, 0) is 0 Å². The monoisotopic (exact) mass is 542 g/mol. The molecule has 186 valence electrons. The van der Waals surface area contributed by atoms with Crippen LogP contribution in [0.15, 0.2) is 133 Å². The van der Waals surface area contributed by atoms with Crippen LogP contribution < -0.4 is 0 Å². The molecule has 40 heavy (non-hydrogen) atoms. The molecular formula is C38H22S2. The van der Waals surface area contributed by atoms with Crippen molar-refractivity contribution in [2.75, 3.05) is 0 Å². The molecule has 0 spiro atoms. The van der Waals surface area contributed by atoms with Gasteiger partial charge in [0.2, 0.25) is 0 Å². The Balaban J connectivity index is 1.38. The molecule has 7 aromatic carbocycles. The molecule has 0 bridgehead atoms. The minimum absolute atomic E-state index is 1.27. The van der Waals surface area contributed by atoms with Crippen molar-refractivity contribution in [1.29, 1.82) is 0 Å². The maximum Gasteiger partial charge on any atom is 0.0355 e. The molecule has 0 amide bonds. The summed E-state index contributed by atoms with van der Waals surface area (Å²) in [4.78, 5) is 0. The molecule has 0 saturated carbocycles. The van der Waals surface area contributed by atoms with Gasteiger partial charge < -0.3 is 0 Å². The van der Waals surface area contributed by atoms with Crippen molar-refractivity contribution in [3.8, 4) is 22.3 Å². The van der Waals surface area contributed by atoms with Crippen LogP contribution in [0.5, 0.6) is 0 Å². The second-order valence-corrected chi connectivity index (χ2v) is 12.6. The summed E-state index contributed by atoms with van der Waals surface area (Å²) < 4.78 is 5.37. The van der Waals surface area contributed by atoms with E-state index < -0.39 is 0 Å². The summed E-state index contributed by atoms with van der Waals surface area (Å²) in [6.45, 7) is 0. The minimum Gasteiger partial charge on any atom is -0.135 e. The molecule has 9 aromatic rings. The molecule has 0 aliphatic heterocycles. The van der Waals surface area contributed by atoms with Crippen molar-refractivity contribution in [3.05, 3.63) is 133 Å². The van der Waals surface area contributed by atoms with Gasteiger partial charge in [-0.15, -0.1) is 22.7 Å². The number of thiophene rings is 2. The molecule has 0 aliphatic carbocycles. The molecule has 0 aliphatic rings. The Bertz CT molecular complexity index is 2210. The highest BCUT2D eigenvalue weighted by molar-refractivity contribution is 7.26. The van der Waals surface area contributed by atoms with Gasteiger partial charge >= 0.3 is 0 Å². The fourth-order valence-electron chi connectivity index (χ4n) is 6.51. The second-order valence-electron chi connectivity index (χ2n) is 10.5. The zero-order valence-corrected chi connectivity index (χ0v) is 23.2. The number of rotatable bonds is 2. The van der Waals surface area contributed by atoms with Crippen molar-refractivity contribution in [3.63, 3.8) is 0 Å². The molecule has 0 saturated heterocycles. The maximum atomic E-state index is 2.41. The third kappa shape index (κ3) is 3.18. The summed E-state index contributed by atoms with van der Waals surface area (Å²) in [5.41, 5.74) is 5.17. The molecule has 9 rings (SSSR count). The zero-order chi connectivity index (χ0) is 26.2. The molecular weight excluding hydrogens is 521 g/mol. The number of hydrogen-bond donors (Lipinski definition) is 0. The van der Waals surface area contributed by atoms with E-state index in [1.807, 2.05) is 22.7 Å². The number of hydrogen-bond acceptors (Lipinski definition) is 2. The first-order chi connectivity index (χ1) is 19.8. The van der Waals surface area contributed by atoms with E-state index in [1.54, 1.807) is 0 Å². The average molecular weight is 543 g/mol. The van der Waals surface area contributed by atoms with E-state index in [2.05, 4.69) is 133 Å². The molecule has 0 atom stereocenters. The second kappa shape index (κ2) is 8.50. The van der Waals surface area contributed by atoms with Crippen molar-refractivity contribution >= 4 is 84.6 Å². The molecule has 0 unspecified atom stereocenters. The van der Waals surface area contributed by atoms with Crippen LogP contribution in [0.2, 0.25) is 0 Å². The molecule has 2 heteroatoms. The predicted octanol–water partition coefficient (Wildman–Crippen LogP) is 12.1. The minimum atomic E-state index is 1.27. The van der Waals surface area contributed by atoms with Crippen molar-refractivity contribution < 1.29 is 0 Å². The van der Waals surface area contributed by atoms with Gasteiger partial charge in [-0.1, -0.05) is 97.1 Å². The molecule has 0 N–H and O–H groups in total. The molecule has 0 nitrogen and oxygen atoms in total. The van der Waals surface area contributed by atoms with E-state index in [9.17, 15) is 0 Å². The Morgan fingerprint density at radius 2 is 0.600 bits per heavy atom. The molecule has 0 fully saturated rings. The summed E-state index contributed by atoms with van der Waals surface area (Å²) in [5, 5.41) is 10.5. The Kier molecular flexibility index (Phi) is 4.74. The first-order valence-electron chi connectivity index (χ1n) is 13.6. The summed E-state index contributed by atoms with van der Waals surface area (Å²) in [6.07, 6.45) is 0. The van der Waals surface area contributed by atoms with Gasteiger partial charge in [0.25, 0.3) is 0 Å². The Hall–Kier alpha value is -4.50. The fourth-order valence-corrected chi connectivity index (χ4v) is 8.69. The molecule has 2 aromatic heterocycles. The fraction of sp³-hybridized carbons (Fsp3) is 0. The predicted molar refractivity (Wildman–Crippen MR) is 178 cm³/mol. The van der Waals surface area contributed by atoms with E-state index >= 15 is 0 Å². The van der Waals surface area contributed by atoms with Crippen LogP contribution in [0.4, 0.5) is 0 Å². The smallest absolute Gasteiger partial charge is 0.0355 e. The van der Waals surface area contributed by atoms with E-state index in [-0.39, 0.29) is 0 Å². The van der Waals surface area contributed by atoms with Crippen LogP contribution in [-0.4, -0.2) is 0 Å². The lowest BCUT2D eigenvalue weighted by molar-refractivity contribution is 1.70. The van der Waals surface area contributed by atoms with Crippen molar-refractivity contribution in [1.82, 2.24) is 0 Å². The van der Waals surface area contributed by atoms with E-state index in [0.29, 0.717) is 0 Å². The Morgan fingerprint density at radius 1 is 0.275 bits per heavy atom. The zero-order valence-electron chi connectivity index (χ0n) is 21.5. The summed E-state index contributed by atoms with van der Waals surface area (Å²) >= 11 is 3.75. The molecule has 0 radical (unpaired) electrons. The normalized spacial score (nSPS) is 12.0. The highest BCUT2D eigenvalue weighted by Gasteiger charge is 2.18. The van der Waals surface area contributed by atoms with Crippen LogP contribution >= 0.6 is 22.7 Å². The van der Waals surface area contributed by atoms with Crippen LogP contribution in [0, 0.1) is 0 Å². The summed E-state index contributed by atoms with van der Waals surface area (Å²) in [6, 6.07) is 49.5. The molecule has 2 heterocycles. The topological polar surface area (TPSA) is 0 Å². The van der Waals surface area contributed by atoms with Gasteiger partial charge in [0.15, 0.2) is 0 Å². The third-order valence-electron chi connectivity index (χ3n) is 8.26. The lowest BCUT2D eigenvalue weighted by Gasteiger charge is -2.18. The van der Waals surface area contributed by atoms with Crippen molar-refractivity contribution in [2.24, 2.45) is 0 Å². The van der Waals surface area contributed by atoms with Crippen LogP contribution in [0.3, 0.4) is 0 Å². The van der Waals surface area contributed by atoms with Gasteiger partial charge in [-0.05, 0) is 80.2 Å². The van der Waals surface area contributed by atoms with Gasteiger partial charge in [-0.25, -0.2) is 0 Å². The lowest BCUT2D eigenvalue weighted by Crippen LogP contribution is -1.90. The largest absolute Gasteiger partial charge is 0.135 e. The highest BCUT2D eigenvalue weighted by atomic mass is 32.1. The highest BCUT2D eigenvalue weighted by Crippen LogP contribution is 2.46. The van der Waals surface area contributed by atoms with Gasteiger partial charge in [0.1, 0.15) is 0 Å². The summed E-state index contributed by atoms with van der Waals surface area (Å²) in [5.74, 6) is 0. The number of fused-ring (bicyclic) bond motifs is 8. The van der Waals surface area contributed by atoms with Crippen LogP contribution in [0.25, 0.3) is 84.1 Å². The lowest BCUT2D eigenvalue weighted by atomic mass is 9.85. The van der Waals surface area contributed by atoms with Gasteiger partial charge in [0.05, 0.1) is 0 Å². The first kappa shape index (κ1) is 22.3. The van der Waals surface area contributed by atoms with Crippen molar-refractivity contribution in [2.45, 2.75) is 0 Å². The average Bonchev–Trinajstić information content (AvgIpc) is 3.57. The number of benzene rings is 7. The standard InChI is InChI=1S/C38H22S2/c1-2-12-28-27(11-1)37(23-17-19-35-31(21-23)25-9-5-7-15-33(25)39-35)29-13-3-4-14-30(29)38(28)24-18-20-36-32(22-24)26-10-6-8-16-34(26)40-36/h1-22H. The van der Waals surface area contributed by atoms with E-state index in [4.69, 9.17) is 0 Å². The maximum absolute atomic E-state index is 2.41. The third-order valence-corrected chi connectivity index (χ3v) is 10.6.